The summed E-state index contributed by atoms with van der Waals surface area (Å²) in [6.45, 7) is 2.21. The molecule has 1 aliphatic heterocycles. The largest absolute Gasteiger partial charge is 0.385 e. The van der Waals surface area contributed by atoms with E-state index in [9.17, 15) is 4.21 Å². The van der Waals surface area contributed by atoms with Crippen molar-refractivity contribution in [3.63, 3.8) is 0 Å². The Morgan fingerprint density at radius 3 is 2.73 bits per heavy atom. The van der Waals surface area contributed by atoms with Gasteiger partial charge in [0.1, 0.15) is 0 Å². The smallest absolute Gasteiger partial charge is 0.158 e. The van der Waals surface area contributed by atoms with Crippen molar-refractivity contribution >= 4 is 10.8 Å². The van der Waals surface area contributed by atoms with E-state index in [4.69, 9.17) is 14.2 Å². The maximum atomic E-state index is 11.5. The normalized spacial score (nSPS) is 20.3. The zero-order valence-electron chi connectivity index (χ0n) is 9.28. The van der Waals surface area contributed by atoms with Crippen LogP contribution in [0.25, 0.3) is 0 Å². The zero-order chi connectivity index (χ0) is 10.9. The molecule has 0 aromatic heterocycles. The highest BCUT2D eigenvalue weighted by molar-refractivity contribution is 7.84. The molecule has 1 saturated heterocycles. The third kappa shape index (κ3) is 6.25. The summed E-state index contributed by atoms with van der Waals surface area (Å²) < 4.78 is 27.2. The van der Waals surface area contributed by atoms with Crippen LogP contribution >= 0.6 is 0 Å². The lowest BCUT2D eigenvalue weighted by Crippen LogP contribution is -2.26. The van der Waals surface area contributed by atoms with Gasteiger partial charge in [-0.2, -0.15) is 0 Å². The van der Waals surface area contributed by atoms with Gasteiger partial charge in [0.05, 0.1) is 13.2 Å². The second-order valence-electron chi connectivity index (χ2n) is 3.51. The first-order valence-corrected chi connectivity index (χ1v) is 6.89. The van der Waals surface area contributed by atoms with Crippen LogP contribution in [0.15, 0.2) is 0 Å². The summed E-state index contributed by atoms with van der Waals surface area (Å²) in [5, 5.41) is 0. The van der Waals surface area contributed by atoms with Crippen LogP contribution in [0.4, 0.5) is 0 Å². The van der Waals surface area contributed by atoms with Crippen LogP contribution in [0.3, 0.4) is 0 Å². The molecule has 0 aromatic carbocycles. The van der Waals surface area contributed by atoms with Crippen molar-refractivity contribution in [2.45, 2.75) is 25.6 Å². The second kappa shape index (κ2) is 8.21. The van der Waals surface area contributed by atoms with E-state index in [1.165, 1.54) is 0 Å². The SMILES string of the molecule is COCCCS(=O)CCC1OCCCO1. The summed E-state index contributed by atoms with van der Waals surface area (Å²) in [7, 11) is 0.896. The molecule has 90 valence electrons. The average molecular weight is 236 g/mol. The van der Waals surface area contributed by atoms with E-state index >= 15 is 0 Å². The molecule has 0 bridgehead atoms. The van der Waals surface area contributed by atoms with Crippen LogP contribution in [-0.2, 0) is 25.0 Å². The topological polar surface area (TPSA) is 44.8 Å². The summed E-state index contributed by atoms with van der Waals surface area (Å²) in [4.78, 5) is 0. The molecule has 0 aromatic rings. The number of ether oxygens (including phenoxy) is 3. The van der Waals surface area contributed by atoms with Crippen LogP contribution in [0.1, 0.15) is 19.3 Å². The Kier molecular flexibility index (Phi) is 7.17. The Labute approximate surface area is 93.7 Å². The van der Waals surface area contributed by atoms with Gasteiger partial charge in [-0.05, 0) is 12.8 Å². The Morgan fingerprint density at radius 1 is 1.33 bits per heavy atom. The minimum absolute atomic E-state index is 0.134. The molecule has 0 amide bonds. The molecule has 0 spiro atoms. The molecule has 1 heterocycles. The number of methoxy groups -OCH3 is 1. The average Bonchev–Trinajstić information content (AvgIpc) is 2.28. The van der Waals surface area contributed by atoms with E-state index in [2.05, 4.69) is 0 Å². The highest BCUT2D eigenvalue weighted by Gasteiger charge is 2.14. The van der Waals surface area contributed by atoms with Gasteiger partial charge in [-0.1, -0.05) is 0 Å². The Balaban J connectivity index is 2.00. The number of hydrogen-bond acceptors (Lipinski definition) is 4. The van der Waals surface area contributed by atoms with Crippen molar-refractivity contribution in [2.24, 2.45) is 0 Å². The lowest BCUT2D eigenvalue weighted by molar-refractivity contribution is -0.178. The van der Waals surface area contributed by atoms with Gasteiger partial charge in [-0.15, -0.1) is 0 Å². The first-order valence-electron chi connectivity index (χ1n) is 5.40. The predicted octanol–water partition coefficient (Wildman–Crippen LogP) is 0.925. The predicted molar refractivity (Wildman–Crippen MR) is 59.3 cm³/mol. The van der Waals surface area contributed by atoms with E-state index in [1.807, 2.05) is 0 Å². The molecule has 1 unspecified atom stereocenters. The highest BCUT2D eigenvalue weighted by Crippen LogP contribution is 2.09. The third-order valence-electron chi connectivity index (χ3n) is 2.20. The van der Waals surface area contributed by atoms with Crippen LogP contribution in [0.2, 0.25) is 0 Å². The van der Waals surface area contributed by atoms with Gasteiger partial charge in [0.2, 0.25) is 0 Å². The fourth-order valence-electron chi connectivity index (χ4n) is 1.40. The first-order chi connectivity index (χ1) is 7.33. The van der Waals surface area contributed by atoms with Gasteiger partial charge in [-0.3, -0.25) is 4.21 Å². The first kappa shape index (κ1) is 13.1. The summed E-state index contributed by atoms with van der Waals surface area (Å²) in [5.41, 5.74) is 0. The summed E-state index contributed by atoms with van der Waals surface area (Å²) in [5.74, 6) is 1.37. The van der Waals surface area contributed by atoms with E-state index in [0.29, 0.717) is 18.1 Å². The molecule has 1 rings (SSSR count). The Bertz CT molecular complexity index is 180. The fourth-order valence-corrected chi connectivity index (χ4v) is 2.50. The number of rotatable bonds is 7. The maximum Gasteiger partial charge on any atom is 0.158 e. The van der Waals surface area contributed by atoms with E-state index in [1.54, 1.807) is 7.11 Å². The molecule has 0 N–H and O–H groups in total. The quantitative estimate of drug-likeness (QED) is 0.617. The van der Waals surface area contributed by atoms with Gasteiger partial charge in [0, 0.05) is 42.4 Å². The third-order valence-corrected chi connectivity index (χ3v) is 3.63. The summed E-state index contributed by atoms with van der Waals surface area (Å²) in [6.07, 6.45) is 2.42. The van der Waals surface area contributed by atoms with Crippen molar-refractivity contribution in [2.75, 3.05) is 38.4 Å². The van der Waals surface area contributed by atoms with Crippen molar-refractivity contribution in [3.8, 4) is 0 Å². The van der Waals surface area contributed by atoms with Crippen LogP contribution in [0.5, 0.6) is 0 Å². The van der Waals surface area contributed by atoms with Gasteiger partial charge >= 0.3 is 0 Å². The minimum Gasteiger partial charge on any atom is -0.385 e. The summed E-state index contributed by atoms with van der Waals surface area (Å²) >= 11 is 0. The molecule has 1 fully saturated rings. The fraction of sp³-hybridized carbons (Fsp3) is 1.00. The lowest BCUT2D eigenvalue weighted by Gasteiger charge is -2.22. The van der Waals surface area contributed by atoms with Crippen molar-refractivity contribution in [1.82, 2.24) is 0 Å². The molecule has 1 atom stereocenters. The Hall–Kier alpha value is 0.0300. The van der Waals surface area contributed by atoms with Gasteiger partial charge in [0.25, 0.3) is 0 Å². The Morgan fingerprint density at radius 2 is 2.07 bits per heavy atom. The maximum absolute atomic E-state index is 11.5. The minimum atomic E-state index is -0.763. The molecule has 15 heavy (non-hydrogen) atoms. The van der Waals surface area contributed by atoms with Crippen molar-refractivity contribution < 1.29 is 18.4 Å². The van der Waals surface area contributed by atoms with E-state index < -0.39 is 10.8 Å². The molecule has 5 heteroatoms. The van der Waals surface area contributed by atoms with Crippen LogP contribution in [-0.4, -0.2) is 48.9 Å². The molecule has 0 radical (unpaired) electrons. The monoisotopic (exact) mass is 236 g/mol. The van der Waals surface area contributed by atoms with Crippen molar-refractivity contribution in [1.29, 1.82) is 0 Å². The van der Waals surface area contributed by atoms with Gasteiger partial charge in [-0.25, -0.2) is 0 Å². The van der Waals surface area contributed by atoms with Gasteiger partial charge in [0.15, 0.2) is 6.29 Å². The summed E-state index contributed by atoms with van der Waals surface area (Å²) in [6, 6.07) is 0. The standard InChI is InChI=1S/C10H20O4S/c1-12-5-3-8-15(11)9-4-10-13-6-2-7-14-10/h10H,2-9H2,1H3. The number of hydrogen-bond donors (Lipinski definition) is 0. The molecule has 0 saturated carbocycles. The van der Waals surface area contributed by atoms with Crippen LogP contribution < -0.4 is 0 Å². The van der Waals surface area contributed by atoms with Gasteiger partial charge < -0.3 is 14.2 Å². The molecule has 4 nitrogen and oxygen atoms in total. The lowest BCUT2D eigenvalue weighted by atomic mass is 10.4. The molecular formula is C10H20O4S. The van der Waals surface area contributed by atoms with E-state index in [-0.39, 0.29) is 6.29 Å². The van der Waals surface area contributed by atoms with Crippen molar-refractivity contribution in [3.05, 3.63) is 0 Å². The molecule has 0 aliphatic carbocycles. The molecule has 1 aliphatic rings. The zero-order valence-corrected chi connectivity index (χ0v) is 10.1. The molecular weight excluding hydrogens is 216 g/mol. The highest BCUT2D eigenvalue weighted by atomic mass is 32.2. The van der Waals surface area contributed by atoms with E-state index in [0.717, 1.165) is 32.5 Å². The second-order valence-corrected chi connectivity index (χ2v) is 5.20. The van der Waals surface area contributed by atoms with Crippen LogP contribution in [0, 0.1) is 0 Å².